The van der Waals surface area contributed by atoms with Crippen molar-refractivity contribution in [3.63, 3.8) is 0 Å². The van der Waals surface area contributed by atoms with Gasteiger partial charge in [-0.2, -0.15) is 0 Å². The van der Waals surface area contributed by atoms with Gasteiger partial charge in [-0.1, -0.05) is 0 Å². The number of nitrogens with zero attached hydrogens (tertiary/aromatic N) is 2. The molecule has 0 spiro atoms. The molecule has 0 saturated carbocycles. The van der Waals surface area contributed by atoms with Gasteiger partial charge < -0.3 is 17.5 Å². The van der Waals surface area contributed by atoms with Crippen LogP contribution in [0.1, 0.15) is 0 Å². The van der Waals surface area contributed by atoms with Gasteiger partial charge in [-0.25, -0.2) is 4.98 Å². The second-order valence-electron chi connectivity index (χ2n) is 1.97. The molecule has 1 rings (SSSR count). The summed E-state index contributed by atoms with van der Waals surface area (Å²) in [6.45, 7) is -4.73. The fraction of sp³-hybridized carbons (Fsp3) is 0.250. The molecule has 0 amide bonds. The van der Waals surface area contributed by atoms with Crippen LogP contribution in [0.2, 0.25) is 0 Å². The highest BCUT2D eigenvalue weighted by molar-refractivity contribution is 6.57. The summed E-state index contributed by atoms with van der Waals surface area (Å²) in [5.41, 5.74) is 0. The molecule has 0 fully saturated rings. The third kappa shape index (κ3) is 2.12. The van der Waals surface area contributed by atoms with Crippen LogP contribution in [0.25, 0.3) is 0 Å². The van der Waals surface area contributed by atoms with Crippen LogP contribution in [0, 0.1) is 0 Å². The number of hydrogen-bond acceptors (Lipinski definition) is 1. The molecule has 10 heavy (non-hydrogen) atoms. The number of hydrogen-bond donors (Lipinski definition) is 0. The third-order valence-corrected chi connectivity index (χ3v) is 0.977. The van der Waals surface area contributed by atoms with Crippen LogP contribution in [0.5, 0.6) is 0 Å². The summed E-state index contributed by atoms with van der Waals surface area (Å²) in [5, 5.41) is 0. The predicted molar refractivity (Wildman–Crippen MR) is 31.3 cm³/mol. The predicted octanol–water partition coefficient (Wildman–Crippen LogP) is 1.27. The van der Waals surface area contributed by atoms with Gasteiger partial charge in [0.1, 0.15) is 0 Å². The zero-order chi connectivity index (χ0) is 7.61. The van der Waals surface area contributed by atoms with E-state index in [1.165, 1.54) is 12.4 Å². The monoisotopic (exact) mass is 149 g/mol. The molecule has 0 atom stereocenters. The van der Waals surface area contributed by atoms with Crippen LogP contribution < -0.4 is 0 Å². The van der Waals surface area contributed by atoms with Gasteiger partial charge in [0.15, 0.2) is 0 Å². The molecule has 0 aliphatic carbocycles. The Morgan fingerprint density at radius 1 is 1.40 bits per heavy atom. The smallest absolute Gasteiger partial charge is 0.448 e. The van der Waals surface area contributed by atoms with Gasteiger partial charge in [-0.15, -0.1) is 0 Å². The van der Waals surface area contributed by atoms with Gasteiger partial charge >= 0.3 is 6.98 Å². The van der Waals surface area contributed by atoms with E-state index in [9.17, 15) is 12.9 Å². The quantitative estimate of drug-likeness (QED) is 0.578. The molecule has 1 heterocycles. The molecule has 0 radical (unpaired) electrons. The van der Waals surface area contributed by atoms with E-state index in [1.807, 2.05) is 0 Å². The first-order valence-corrected chi connectivity index (χ1v) is 2.75. The second-order valence-corrected chi connectivity index (χ2v) is 1.97. The molecular formula is C4H5BF3N2-. The first-order valence-electron chi connectivity index (χ1n) is 2.75. The zero-order valence-electron chi connectivity index (χ0n) is 5.04. The normalized spacial score (nSPS) is 11.9. The van der Waals surface area contributed by atoms with E-state index in [1.54, 1.807) is 0 Å². The van der Waals surface area contributed by atoms with Crippen molar-refractivity contribution in [3.8, 4) is 0 Å². The molecule has 2 nitrogen and oxygen atoms in total. The average molecular weight is 149 g/mol. The van der Waals surface area contributed by atoms with Crippen LogP contribution in [-0.4, -0.2) is 16.5 Å². The summed E-state index contributed by atoms with van der Waals surface area (Å²) in [5.74, 6) is 0. The van der Waals surface area contributed by atoms with Gasteiger partial charge in [0.05, 0.1) is 6.33 Å². The highest BCUT2D eigenvalue weighted by Crippen LogP contribution is 2.10. The Morgan fingerprint density at radius 2 is 2.10 bits per heavy atom. The minimum Gasteiger partial charge on any atom is -0.448 e. The lowest BCUT2D eigenvalue weighted by atomic mass is 9.92. The number of rotatable bonds is 2. The summed E-state index contributed by atoms with van der Waals surface area (Å²) >= 11 is 0. The fourth-order valence-electron chi connectivity index (χ4n) is 0.634. The standard InChI is InChI=1S/C4H5BF3N2/c6-5(7,8)3-10-2-1-9-4-10/h1-2,4H,3H2/q-1. The van der Waals surface area contributed by atoms with E-state index in [2.05, 4.69) is 4.98 Å². The summed E-state index contributed by atoms with van der Waals surface area (Å²) in [4.78, 5) is 3.48. The molecule has 6 heteroatoms. The highest BCUT2D eigenvalue weighted by atomic mass is 19.4. The molecule has 0 bridgehead atoms. The lowest BCUT2D eigenvalue weighted by Crippen LogP contribution is -2.23. The van der Waals surface area contributed by atoms with E-state index >= 15 is 0 Å². The molecule has 0 aromatic carbocycles. The summed E-state index contributed by atoms with van der Waals surface area (Å²) in [6.07, 6.45) is 2.85. The Balaban J connectivity index is 2.57. The molecule has 1 aromatic rings. The number of aromatic nitrogens is 2. The van der Waals surface area contributed by atoms with Gasteiger partial charge in [0.2, 0.25) is 0 Å². The molecule has 0 aliphatic heterocycles. The van der Waals surface area contributed by atoms with Crippen molar-refractivity contribution in [2.24, 2.45) is 0 Å². The maximum atomic E-state index is 11.6. The van der Waals surface area contributed by atoms with Gasteiger partial charge in [0.25, 0.3) is 0 Å². The first-order chi connectivity index (χ1) is 4.58. The number of halogens is 3. The van der Waals surface area contributed by atoms with Crippen molar-refractivity contribution in [1.82, 2.24) is 9.55 Å². The highest BCUT2D eigenvalue weighted by Gasteiger charge is 2.22. The molecule has 0 aliphatic rings. The molecule has 56 valence electrons. The van der Waals surface area contributed by atoms with Crippen LogP contribution in [0.15, 0.2) is 18.7 Å². The van der Waals surface area contributed by atoms with Crippen molar-refractivity contribution in [1.29, 1.82) is 0 Å². The Labute approximate surface area is 55.7 Å². The fourth-order valence-corrected chi connectivity index (χ4v) is 0.634. The Morgan fingerprint density at radius 3 is 2.50 bits per heavy atom. The van der Waals surface area contributed by atoms with Crippen LogP contribution in [-0.2, 0) is 6.44 Å². The first kappa shape index (κ1) is 7.18. The molecular weight excluding hydrogens is 144 g/mol. The van der Waals surface area contributed by atoms with E-state index in [0.29, 0.717) is 0 Å². The maximum Gasteiger partial charge on any atom is 0.497 e. The Hall–Kier alpha value is -0.935. The lowest BCUT2D eigenvalue weighted by molar-refractivity contribution is 0.445. The molecule has 0 unspecified atom stereocenters. The van der Waals surface area contributed by atoms with Gasteiger partial charge in [-0.05, 0) is 6.44 Å². The van der Waals surface area contributed by atoms with E-state index in [0.717, 1.165) is 10.9 Å². The minimum absolute atomic E-state index is 0.903. The average Bonchev–Trinajstić information content (AvgIpc) is 2.12. The van der Waals surface area contributed by atoms with Crippen molar-refractivity contribution < 1.29 is 12.9 Å². The van der Waals surface area contributed by atoms with Gasteiger partial charge in [-0.3, -0.25) is 0 Å². The summed E-state index contributed by atoms with van der Waals surface area (Å²) < 4.78 is 35.9. The van der Waals surface area contributed by atoms with Crippen LogP contribution in [0.3, 0.4) is 0 Å². The third-order valence-electron chi connectivity index (χ3n) is 0.977. The molecule has 0 N–H and O–H groups in total. The van der Waals surface area contributed by atoms with E-state index in [4.69, 9.17) is 0 Å². The Kier molecular flexibility index (Phi) is 1.69. The zero-order valence-corrected chi connectivity index (χ0v) is 5.04. The minimum atomic E-state index is -4.73. The molecule has 0 saturated heterocycles. The van der Waals surface area contributed by atoms with Crippen molar-refractivity contribution >= 4 is 6.98 Å². The second kappa shape index (κ2) is 2.36. The number of imidazole rings is 1. The Bertz CT molecular complexity index is 193. The van der Waals surface area contributed by atoms with Crippen molar-refractivity contribution in [3.05, 3.63) is 18.7 Å². The van der Waals surface area contributed by atoms with Crippen molar-refractivity contribution in [2.45, 2.75) is 6.44 Å². The van der Waals surface area contributed by atoms with Gasteiger partial charge in [0, 0.05) is 12.4 Å². The lowest BCUT2D eigenvalue weighted by Gasteiger charge is -2.13. The van der Waals surface area contributed by atoms with Crippen LogP contribution >= 0.6 is 0 Å². The topological polar surface area (TPSA) is 17.8 Å². The van der Waals surface area contributed by atoms with Crippen molar-refractivity contribution in [2.75, 3.05) is 0 Å². The van der Waals surface area contributed by atoms with E-state index in [-0.39, 0.29) is 0 Å². The largest absolute Gasteiger partial charge is 0.497 e. The maximum absolute atomic E-state index is 11.6. The summed E-state index contributed by atoms with van der Waals surface area (Å²) in [7, 11) is 0. The van der Waals surface area contributed by atoms with Crippen LogP contribution in [0.4, 0.5) is 12.9 Å². The SMILES string of the molecule is F[B-](F)(F)Cn1ccnc1. The summed E-state index contributed by atoms with van der Waals surface area (Å²) in [6, 6.07) is 0. The van der Waals surface area contributed by atoms with E-state index < -0.39 is 13.4 Å². The molecule has 1 aromatic heterocycles.